The predicted octanol–water partition coefficient (Wildman–Crippen LogP) is 5.03. The average molecular weight is 304 g/mol. The van der Waals surface area contributed by atoms with Gasteiger partial charge in [-0.2, -0.15) is 0 Å². The van der Waals surface area contributed by atoms with Crippen LogP contribution in [-0.2, 0) is 0 Å². The van der Waals surface area contributed by atoms with Gasteiger partial charge in [-0.1, -0.05) is 22.9 Å². The highest BCUT2D eigenvalue weighted by molar-refractivity contribution is 9.10. The van der Waals surface area contributed by atoms with Crippen molar-refractivity contribution in [3.8, 4) is 5.75 Å². The first-order chi connectivity index (χ1) is 7.63. The van der Waals surface area contributed by atoms with Crippen LogP contribution in [0, 0.1) is 0 Å². The van der Waals surface area contributed by atoms with Crippen molar-refractivity contribution in [2.75, 3.05) is 6.61 Å². The van der Waals surface area contributed by atoms with Crippen molar-refractivity contribution in [2.24, 2.45) is 0 Å². The second kappa shape index (κ2) is 4.97. The van der Waals surface area contributed by atoms with E-state index < -0.39 is 0 Å². The van der Waals surface area contributed by atoms with Gasteiger partial charge in [0, 0.05) is 4.47 Å². The molecule has 0 spiro atoms. The molecule has 0 bridgehead atoms. The number of benzene rings is 1. The van der Waals surface area contributed by atoms with E-state index in [-0.39, 0.29) is 5.38 Å². The lowest BCUT2D eigenvalue weighted by molar-refractivity contribution is 0.339. The number of hydrogen-bond acceptors (Lipinski definition) is 1. The maximum Gasteiger partial charge on any atom is 0.120 e. The van der Waals surface area contributed by atoms with Crippen LogP contribution < -0.4 is 4.74 Å². The van der Waals surface area contributed by atoms with Crippen molar-refractivity contribution in [3.05, 3.63) is 27.7 Å². The summed E-state index contributed by atoms with van der Waals surface area (Å²) in [5.74, 6) is 1.49. The van der Waals surface area contributed by atoms with Gasteiger partial charge in [-0.05, 0) is 48.9 Å². The molecule has 0 amide bonds. The molecular formula is C13H16BrClO. The summed E-state index contributed by atoms with van der Waals surface area (Å²) in [6, 6.07) is 4.14. The molecule has 1 nitrogen and oxygen atoms in total. The van der Waals surface area contributed by atoms with Gasteiger partial charge in [0.25, 0.3) is 0 Å². The lowest BCUT2D eigenvalue weighted by Crippen LogP contribution is -2.10. The summed E-state index contributed by atoms with van der Waals surface area (Å²) in [4.78, 5) is 0. The summed E-state index contributed by atoms with van der Waals surface area (Å²) in [6.45, 7) is 4.94. The van der Waals surface area contributed by atoms with Crippen LogP contribution in [0.25, 0.3) is 0 Å². The Morgan fingerprint density at radius 2 is 2.19 bits per heavy atom. The molecule has 0 fully saturated rings. The first-order valence-electron chi connectivity index (χ1n) is 5.73. The molecule has 2 rings (SSSR count). The molecule has 0 saturated carbocycles. The number of halogens is 2. The SMILES string of the molecule is CCOc1cc(Br)c2c(c1)C(Cl)CCC2C. The fraction of sp³-hybridized carbons (Fsp3) is 0.538. The lowest BCUT2D eigenvalue weighted by atomic mass is 9.83. The van der Waals surface area contributed by atoms with Crippen molar-refractivity contribution < 1.29 is 4.74 Å². The summed E-state index contributed by atoms with van der Waals surface area (Å²) in [7, 11) is 0. The normalized spacial score (nSPS) is 24.0. The number of hydrogen-bond donors (Lipinski definition) is 0. The Morgan fingerprint density at radius 3 is 2.88 bits per heavy atom. The maximum absolute atomic E-state index is 6.38. The molecule has 1 aliphatic rings. The fourth-order valence-corrected chi connectivity index (χ4v) is 3.49. The molecule has 0 aromatic heterocycles. The van der Waals surface area contributed by atoms with E-state index in [1.165, 1.54) is 11.1 Å². The third-order valence-electron chi connectivity index (χ3n) is 3.13. The van der Waals surface area contributed by atoms with Crippen LogP contribution in [0.15, 0.2) is 16.6 Å². The molecule has 0 heterocycles. The fourth-order valence-electron chi connectivity index (χ4n) is 2.34. The van der Waals surface area contributed by atoms with Crippen LogP contribution in [0.5, 0.6) is 5.75 Å². The van der Waals surface area contributed by atoms with E-state index in [2.05, 4.69) is 28.9 Å². The van der Waals surface area contributed by atoms with E-state index in [1.54, 1.807) is 0 Å². The Labute approximate surface area is 110 Å². The van der Waals surface area contributed by atoms with Crippen molar-refractivity contribution in [1.82, 2.24) is 0 Å². The van der Waals surface area contributed by atoms with Gasteiger partial charge in [0.2, 0.25) is 0 Å². The molecule has 1 aliphatic carbocycles. The zero-order chi connectivity index (χ0) is 11.7. The highest BCUT2D eigenvalue weighted by Gasteiger charge is 2.26. The third-order valence-corrected chi connectivity index (χ3v) is 4.24. The van der Waals surface area contributed by atoms with Crippen molar-refractivity contribution in [1.29, 1.82) is 0 Å². The van der Waals surface area contributed by atoms with Crippen LogP contribution >= 0.6 is 27.5 Å². The van der Waals surface area contributed by atoms with Crippen molar-refractivity contribution in [3.63, 3.8) is 0 Å². The van der Waals surface area contributed by atoms with Crippen molar-refractivity contribution >= 4 is 27.5 Å². The Balaban J connectivity index is 2.48. The van der Waals surface area contributed by atoms with Crippen LogP contribution in [-0.4, -0.2) is 6.61 Å². The van der Waals surface area contributed by atoms with Gasteiger partial charge in [-0.15, -0.1) is 11.6 Å². The molecule has 88 valence electrons. The number of ether oxygens (including phenoxy) is 1. The summed E-state index contributed by atoms with van der Waals surface area (Å²) in [6.07, 6.45) is 2.21. The second-order valence-corrected chi connectivity index (χ2v) is 5.67. The quantitative estimate of drug-likeness (QED) is 0.697. The van der Waals surface area contributed by atoms with Gasteiger partial charge in [-0.3, -0.25) is 0 Å². The van der Waals surface area contributed by atoms with Gasteiger partial charge in [0.1, 0.15) is 5.75 Å². The topological polar surface area (TPSA) is 9.23 Å². The molecule has 16 heavy (non-hydrogen) atoms. The van der Waals surface area contributed by atoms with Gasteiger partial charge < -0.3 is 4.74 Å². The number of rotatable bonds is 2. The Bertz CT molecular complexity index is 392. The minimum absolute atomic E-state index is 0.128. The van der Waals surface area contributed by atoms with Crippen LogP contribution in [0.2, 0.25) is 0 Å². The summed E-state index contributed by atoms with van der Waals surface area (Å²) >= 11 is 10.0. The number of alkyl halides is 1. The highest BCUT2D eigenvalue weighted by Crippen LogP contribution is 2.45. The molecule has 0 saturated heterocycles. The summed E-state index contributed by atoms with van der Waals surface area (Å²) in [5.41, 5.74) is 2.59. The minimum Gasteiger partial charge on any atom is -0.494 e. The van der Waals surface area contributed by atoms with E-state index in [1.807, 2.05) is 13.0 Å². The zero-order valence-corrected chi connectivity index (χ0v) is 11.9. The average Bonchev–Trinajstić information content (AvgIpc) is 2.23. The lowest BCUT2D eigenvalue weighted by Gasteiger charge is -2.28. The second-order valence-electron chi connectivity index (χ2n) is 4.29. The van der Waals surface area contributed by atoms with Crippen LogP contribution in [0.4, 0.5) is 0 Å². The van der Waals surface area contributed by atoms with Gasteiger partial charge in [-0.25, -0.2) is 0 Å². The highest BCUT2D eigenvalue weighted by atomic mass is 79.9. The van der Waals surface area contributed by atoms with Gasteiger partial charge >= 0.3 is 0 Å². The first-order valence-corrected chi connectivity index (χ1v) is 6.96. The molecule has 2 unspecified atom stereocenters. The van der Waals surface area contributed by atoms with Crippen LogP contribution in [0.3, 0.4) is 0 Å². The van der Waals surface area contributed by atoms with Crippen LogP contribution in [0.1, 0.15) is 49.1 Å². The van der Waals surface area contributed by atoms with E-state index in [9.17, 15) is 0 Å². The summed E-state index contributed by atoms with van der Waals surface area (Å²) in [5, 5.41) is 0.128. The Kier molecular flexibility index (Phi) is 3.81. The molecule has 0 aliphatic heterocycles. The Morgan fingerprint density at radius 1 is 1.44 bits per heavy atom. The molecule has 2 atom stereocenters. The number of fused-ring (bicyclic) bond motifs is 1. The monoisotopic (exact) mass is 302 g/mol. The van der Waals surface area contributed by atoms with E-state index in [0.717, 1.165) is 23.1 Å². The smallest absolute Gasteiger partial charge is 0.120 e. The molecule has 3 heteroatoms. The van der Waals surface area contributed by atoms with Crippen molar-refractivity contribution in [2.45, 2.75) is 38.0 Å². The zero-order valence-electron chi connectivity index (χ0n) is 9.59. The third kappa shape index (κ3) is 2.23. The van der Waals surface area contributed by atoms with Gasteiger partial charge in [0.15, 0.2) is 0 Å². The Hall–Kier alpha value is -0.210. The molecule has 0 N–H and O–H groups in total. The largest absolute Gasteiger partial charge is 0.494 e. The predicted molar refractivity (Wildman–Crippen MR) is 71.6 cm³/mol. The molecule has 0 radical (unpaired) electrons. The van der Waals surface area contributed by atoms with E-state index in [0.29, 0.717) is 12.5 Å². The van der Waals surface area contributed by atoms with E-state index in [4.69, 9.17) is 16.3 Å². The standard InChI is InChI=1S/C13H16BrClO/c1-3-16-9-6-10-12(15)5-4-8(2)13(10)11(14)7-9/h6-8,12H,3-5H2,1-2H3. The molecular weight excluding hydrogens is 287 g/mol. The van der Waals surface area contributed by atoms with E-state index >= 15 is 0 Å². The minimum atomic E-state index is 0.128. The van der Waals surface area contributed by atoms with Gasteiger partial charge in [0.05, 0.1) is 12.0 Å². The first kappa shape index (κ1) is 12.3. The maximum atomic E-state index is 6.38. The molecule has 1 aromatic rings. The summed E-state index contributed by atoms with van der Waals surface area (Å²) < 4.78 is 6.68. The molecule has 1 aromatic carbocycles.